The highest BCUT2D eigenvalue weighted by Crippen LogP contribution is 2.46. The van der Waals surface area contributed by atoms with Gasteiger partial charge in [0.15, 0.2) is 5.43 Å². The molecule has 0 saturated carbocycles. The van der Waals surface area contributed by atoms with E-state index >= 15 is 0 Å². The van der Waals surface area contributed by atoms with Gasteiger partial charge in [-0.05, 0) is 47.4 Å². The summed E-state index contributed by atoms with van der Waals surface area (Å²) >= 11 is 0. The lowest BCUT2D eigenvalue weighted by Crippen LogP contribution is -2.15. The van der Waals surface area contributed by atoms with E-state index in [-0.39, 0.29) is 16.3 Å². The van der Waals surface area contributed by atoms with E-state index in [4.69, 9.17) is 8.83 Å². The van der Waals surface area contributed by atoms with Crippen molar-refractivity contribution in [2.75, 3.05) is 0 Å². The molecule has 41 heavy (non-hydrogen) atoms. The Morgan fingerprint density at radius 1 is 0.537 bits per heavy atom. The highest BCUT2D eigenvalue weighted by molar-refractivity contribution is 6.32. The molecule has 0 unspecified atom stereocenters. The first-order valence-corrected chi connectivity index (χ1v) is 13.9. The molecule has 5 heterocycles. The van der Waals surface area contributed by atoms with Crippen molar-refractivity contribution in [3.05, 3.63) is 98.8 Å². The Labute approximate surface area is 230 Å². The normalized spacial score (nSPS) is 13.4. The minimum absolute atomic E-state index is 0.0646. The number of furan rings is 2. The molecule has 0 amide bonds. The zero-order valence-electron chi connectivity index (χ0n) is 22.5. The molecule has 5 aromatic heterocycles. The molecule has 0 fully saturated rings. The predicted octanol–water partition coefficient (Wildman–Crippen LogP) is 8.68. The lowest BCUT2D eigenvalue weighted by atomic mass is 9.85. The predicted molar refractivity (Wildman–Crippen MR) is 167 cm³/mol. The number of nitrogens with zero attached hydrogens (tertiary/aromatic N) is 1. The molecule has 0 aliphatic heterocycles. The summed E-state index contributed by atoms with van der Waals surface area (Å²) in [7, 11) is 0. The van der Waals surface area contributed by atoms with Crippen LogP contribution in [0.3, 0.4) is 0 Å². The second-order valence-electron chi connectivity index (χ2n) is 12.4. The zero-order chi connectivity index (χ0) is 27.5. The summed E-state index contributed by atoms with van der Waals surface area (Å²) in [5.74, 6) is 0. The highest BCUT2D eigenvalue weighted by Gasteiger charge is 2.30. The third-order valence-electron chi connectivity index (χ3n) is 9.16. The number of rotatable bonds is 0. The summed E-state index contributed by atoms with van der Waals surface area (Å²) in [4.78, 5) is 29.2. The van der Waals surface area contributed by atoms with Gasteiger partial charge in [0.25, 0.3) is 0 Å². The van der Waals surface area contributed by atoms with Gasteiger partial charge in [-0.1, -0.05) is 57.2 Å². The van der Waals surface area contributed by atoms with E-state index in [1.165, 1.54) is 0 Å². The van der Waals surface area contributed by atoms with Crippen LogP contribution in [0.25, 0.3) is 92.7 Å². The molecule has 0 atom stereocenters. The lowest BCUT2D eigenvalue weighted by Gasteiger charge is -2.20. The third kappa shape index (κ3) is 2.34. The molecule has 0 aliphatic carbocycles. The van der Waals surface area contributed by atoms with Crippen LogP contribution in [-0.2, 0) is 5.41 Å². The molecule has 0 bridgehead atoms. The van der Waals surface area contributed by atoms with E-state index in [0.717, 1.165) is 54.5 Å². The van der Waals surface area contributed by atoms with Gasteiger partial charge in [-0.15, -0.1) is 0 Å². The van der Waals surface area contributed by atoms with Crippen LogP contribution in [0.1, 0.15) is 26.3 Å². The maximum atomic E-state index is 14.8. The largest absolute Gasteiger partial charge is 0.455 e. The van der Waals surface area contributed by atoms with Crippen LogP contribution < -0.4 is 10.9 Å². The maximum absolute atomic E-state index is 14.8. The van der Waals surface area contributed by atoms with Gasteiger partial charge < -0.3 is 13.2 Å². The highest BCUT2D eigenvalue weighted by atomic mass is 16.3. The summed E-state index contributed by atoms with van der Waals surface area (Å²) in [5.41, 5.74) is 5.40. The standard InChI is InChI=1S/C36H21NO4/c1-36(2,3)16-12-19-20-14-21-17-8-4-6-10-25(17)40-34(21)27-30(20)37-29(19)23(13-16)32(38)24-15-22-18-9-5-7-11-26(18)41-35(22)28(31(24)37)33(27)39/h4-15H,1-3H3. The molecule has 5 nitrogen and oxygen atoms in total. The van der Waals surface area contributed by atoms with Crippen LogP contribution in [0.15, 0.2) is 91.2 Å². The molecule has 10 rings (SSSR count). The minimum atomic E-state index is -0.180. The van der Waals surface area contributed by atoms with Gasteiger partial charge in [0.2, 0.25) is 5.43 Å². The second kappa shape index (κ2) is 6.58. The molecule has 0 N–H and O–H groups in total. The topological polar surface area (TPSA) is 64.8 Å². The first kappa shape index (κ1) is 21.6. The summed E-state index contributed by atoms with van der Waals surface area (Å²) in [6.45, 7) is 6.49. The quantitative estimate of drug-likeness (QED) is 0.145. The van der Waals surface area contributed by atoms with Crippen LogP contribution in [-0.4, -0.2) is 4.40 Å². The fourth-order valence-corrected chi connectivity index (χ4v) is 7.26. The molecule has 0 radical (unpaired) electrons. The Morgan fingerprint density at radius 2 is 1.02 bits per heavy atom. The number of benzene rings is 5. The molecule has 0 saturated heterocycles. The van der Waals surface area contributed by atoms with E-state index in [1.54, 1.807) is 0 Å². The van der Waals surface area contributed by atoms with Crippen molar-refractivity contribution in [2.24, 2.45) is 0 Å². The van der Waals surface area contributed by atoms with Crippen LogP contribution in [0, 0.1) is 0 Å². The van der Waals surface area contributed by atoms with Crippen LogP contribution in [0.5, 0.6) is 0 Å². The van der Waals surface area contributed by atoms with Gasteiger partial charge in [0, 0.05) is 43.1 Å². The molecule has 0 spiro atoms. The first-order valence-electron chi connectivity index (χ1n) is 13.9. The van der Waals surface area contributed by atoms with Crippen molar-refractivity contribution in [3.8, 4) is 0 Å². The Hall–Kier alpha value is -5.16. The lowest BCUT2D eigenvalue weighted by molar-refractivity contribution is 0.591. The van der Waals surface area contributed by atoms with Gasteiger partial charge in [0.05, 0.1) is 27.3 Å². The van der Waals surface area contributed by atoms with Crippen LogP contribution in [0.4, 0.5) is 0 Å². The molecule has 0 aliphatic rings. The first-order chi connectivity index (χ1) is 19.8. The summed E-state index contributed by atoms with van der Waals surface area (Å²) in [6.07, 6.45) is 0. The van der Waals surface area contributed by atoms with Crippen molar-refractivity contribution >= 4 is 92.7 Å². The summed E-state index contributed by atoms with van der Waals surface area (Å²) < 4.78 is 15.0. The van der Waals surface area contributed by atoms with Gasteiger partial charge in [-0.2, -0.15) is 0 Å². The van der Waals surface area contributed by atoms with Crippen molar-refractivity contribution in [1.29, 1.82) is 0 Å². The fraction of sp³-hybridized carbons (Fsp3) is 0.111. The number of hydrogen-bond acceptors (Lipinski definition) is 4. The average molecular weight is 532 g/mol. The SMILES string of the molecule is CC(C)(C)c1cc2c(=O)c3cc4c5ccccc5oc4c4c(=O)c5c6oc7ccccc7c6cc6c(c1)c2n(c34)c65. The van der Waals surface area contributed by atoms with Gasteiger partial charge >= 0.3 is 0 Å². The van der Waals surface area contributed by atoms with Crippen LogP contribution >= 0.6 is 0 Å². The second-order valence-corrected chi connectivity index (χ2v) is 12.4. The Morgan fingerprint density at radius 3 is 1.63 bits per heavy atom. The van der Waals surface area contributed by atoms with Crippen molar-refractivity contribution in [2.45, 2.75) is 26.2 Å². The maximum Gasteiger partial charge on any atom is 0.204 e. The van der Waals surface area contributed by atoms with Gasteiger partial charge in [0.1, 0.15) is 22.3 Å². The molecular formula is C36H21NO4. The minimum Gasteiger partial charge on any atom is -0.455 e. The Kier molecular flexibility index (Phi) is 3.47. The smallest absolute Gasteiger partial charge is 0.204 e. The Balaban J connectivity index is 1.64. The van der Waals surface area contributed by atoms with Crippen molar-refractivity contribution in [1.82, 2.24) is 4.40 Å². The van der Waals surface area contributed by atoms with Crippen molar-refractivity contribution < 1.29 is 8.83 Å². The van der Waals surface area contributed by atoms with Gasteiger partial charge in [-0.25, -0.2) is 0 Å². The zero-order valence-corrected chi connectivity index (χ0v) is 22.5. The van der Waals surface area contributed by atoms with E-state index in [2.05, 4.69) is 37.3 Å². The monoisotopic (exact) mass is 531 g/mol. The van der Waals surface area contributed by atoms with E-state index in [1.807, 2.05) is 60.7 Å². The summed E-state index contributed by atoms with van der Waals surface area (Å²) in [5, 5.41) is 7.56. The number of fused-ring (bicyclic) bond motifs is 9. The molecule has 10 aromatic rings. The molecular weight excluding hydrogens is 510 g/mol. The molecule has 5 aromatic carbocycles. The third-order valence-corrected chi connectivity index (χ3v) is 9.16. The fourth-order valence-electron chi connectivity index (χ4n) is 7.26. The van der Waals surface area contributed by atoms with E-state index < -0.39 is 0 Å². The van der Waals surface area contributed by atoms with Crippen molar-refractivity contribution in [3.63, 3.8) is 0 Å². The molecule has 5 heteroatoms. The van der Waals surface area contributed by atoms with Gasteiger partial charge in [-0.3, -0.25) is 9.59 Å². The summed E-state index contributed by atoms with van der Waals surface area (Å²) in [6, 6.07) is 23.9. The average Bonchev–Trinajstić information content (AvgIpc) is 3.62. The van der Waals surface area contributed by atoms with E-state index in [9.17, 15) is 9.59 Å². The number of para-hydroxylation sites is 2. The number of pyridine rings is 2. The number of hydrogen-bond donors (Lipinski definition) is 0. The van der Waals surface area contributed by atoms with Crippen LogP contribution in [0.2, 0.25) is 0 Å². The Bertz CT molecular complexity index is 2880. The molecule has 194 valence electrons. The number of aromatic nitrogens is 1. The van der Waals surface area contributed by atoms with E-state index in [0.29, 0.717) is 43.8 Å².